The first-order valence-electron chi connectivity index (χ1n) is 13.1. The summed E-state index contributed by atoms with van der Waals surface area (Å²) in [5.74, 6) is -1.56. The molecule has 15 heteroatoms. The van der Waals surface area contributed by atoms with Crippen molar-refractivity contribution >= 4 is 23.0 Å². The molecular formula is C26H29F5N6O4. The van der Waals surface area contributed by atoms with Gasteiger partial charge in [-0.3, -0.25) is 9.48 Å². The van der Waals surface area contributed by atoms with E-state index >= 15 is 4.39 Å². The number of rotatable bonds is 8. The number of nitrogens with one attached hydrogen (secondary N) is 2. The lowest BCUT2D eigenvalue weighted by molar-refractivity contribution is -0.150. The summed E-state index contributed by atoms with van der Waals surface area (Å²) < 4.78 is 81.5. The Morgan fingerprint density at radius 3 is 2.61 bits per heavy atom. The third-order valence-electron chi connectivity index (χ3n) is 7.68. The van der Waals surface area contributed by atoms with Gasteiger partial charge in [-0.05, 0) is 55.4 Å². The first kappa shape index (κ1) is 28.8. The molecule has 0 bridgehead atoms. The van der Waals surface area contributed by atoms with Crippen LogP contribution in [0.5, 0.6) is 0 Å². The number of carbonyl (C=O) groups is 2. The summed E-state index contributed by atoms with van der Waals surface area (Å²) in [6, 6.07) is -0.897. The summed E-state index contributed by atoms with van der Waals surface area (Å²) >= 11 is 0. The van der Waals surface area contributed by atoms with Gasteiger partial charge in [-0.1, -0.05) is 0 Å². The highest BCUT2D eigenvalue weighted by atomic mass is 19.4. The van der Waals surface area contributed by atoms with Gasteiger partial charge in [-0.25, -0.2) is 18.6 Å². The number of hydrogen-bond acceptors (Lipinski definition) is 6. The van der Waals surface area contributed by atoms with Gasteiger partial charge < -0.3 is 24.7 Å². The lowest BCUT2D eigenvalue weighted by atomic mass is 9.83. The Hall–Kier alpha value is -3.75. The van der Waals surface area contributed by atoms with Gasteiger partial charge in [0.1, 0.15) is 29.5 Å². The Morgan fingerprint density at radius 1 is 1.27 bits per heavy atom. The average molecular weight is 585 g/mol. The molecule has 1 saturated heterocycles. The van der Waals surface area contributed by atoms with Crippen LogP contribution in [0.1, 0.15) is 59.7 Å². The first-order chi connectivity index (χ1) is 19.5. The number of fused-ring (bicyclic) bond motifs is 1. The van der Waals surface area contributed by atoms with Crippen molar-refractivity contribution in [3.05, 3.63) is 47.4 Å². The van der Waals surface area contributed by atoms with Crippen LogP contribution in [-0.2, 0) is 11.8 Å². The van der Waals surface area contributed by atoms with E-state index in [1.54, 1.807) is 7.05 Å². The summed E-state index contributed by atoms with van der Waals surface area (Å²) in [6.45, 7) is -0.886. The van der Waals surface area contributed by atoms with Gasteiger partial charge in [0, 0.05) is 20.4 Å². The summed E-state index contributed by atoms with van der Waals surface area (Å²) in [5.41, 5.74) is 0.241. The van der Waals surface area contributed by atoms with Crippen LogP contribution in [0.2, 0.25) is 0 Å². The number of carbonyl (C=O) groups excluding carboxylic acids is 2. The number of nitrogens with zero attached hydrogens (tertiary/aromatic N) is 4. The second-order valence-electron chi connectivity index (χ2n) is 10.4. The zero-order valence-corrected chi connectivity index (χ0v) is 22.3. The van der Waals surface area contributed by atoms with Gasteiger partial charge in [-0.2, -0.15) is 18.3 Å². The first-order valence-corrected chi connectivity index (χ1v) is 13.1. The highest BCUT2D eigenvalue weighted by Gasteiger charge is 2.48. The van der Waals surface area contributed by atoms with E-state index in [4.69, 9.17) is 9.15 Å². The van der Waals surface area contributed by atoms with Crippen molar-refractivity contribution in [2.24, 2.45) is 13.0 Å². The van der Waals surface area contributed by atoms with E-state index in [9.17, 15) is 27.2 Å². The monoisotopic (exact) mass is 584 g/mol. The minimum absolute atomic E-state index is 0.00761. The van der Waals surface area contributed by atoms with Gasteiger partial charge in [0.15, 0.2) is 11.4 Å². The molecule has 0 radical (unpaired) electrons. The largest absolute Gasteiger partial charge is 0.435 e. The number of alkyl halides is 4. The fourth-order valence-corrected chi connectivity index (χ4v) is 5.50. The lowest BCUT2D eigenvalue weighted by Gasteiger charge is -2.30. The fourth-order valence-electron chi connectivity index (χ4n) is 5.50. The molecule has 3 unspecified atom stereocenters. The number of methoxy groups -OCH3 is 1. The summed E-state index contributed by atoms with van der Waals surface area (Å²) in [6.07, 6.45) is -2.71. The SMILES string of the molecule is COCC(c1cc(F)c2oc(C(NC(=O)c3ccnn3C)C3CCC(F)CC3)nc2c1)N1CC(C(F)(F)F)NC1=O. The maximum atomic E-state index is 15.4. The van der Waals surface area contributed by atoms with Gasteiger partial charge in [-0.15, -0.1) is 0 Å². The molecule has 1 aliphatic heterocycles. The number of benzene rings is 1. The smallest absolute Gasteiger partial charge is 0.410 e. The summed E-state index contributed by atoms with van der Waals surface area (Å²) in [5, 5.41) is 8.78. The molecule has 1 aliphatic carbocycles. The molecular weight excluding hydrogens is 555 g/mol. The zero-order chi connectivity index (χ0) is 29.5. The van der Waals surface area contributed by atoms with Crippen molar-refractivity contribution in [2.45, 2.75) is 56.2 Å². The molecule has 0 spiro atoms. The number of urea groups is 1. The predicted molar refractivity (Wildman–Crippen MR) is 134 cm³/mol. The van der Waals surface area contributed by atoms with Crippen molar-refractivity contribution in [3.63, 3.8) is 0 Å². The highest BCUT2D eigenvalue weighted by molar-refractivity contribution is 5.92. The van der Waals surface area contributed by atoms with E-state index in [0.29, 0.717) is 12.8 Å². The van der Waals surface area contributed by atoms with Crippen LogP contribution in [0.4, 0.5) is 26.7 Å². The number of oxazole rings is 1. The van der Waals surface area contributed by atoms with E-state index in [-0.39, 0.29) is 53.6 Å². The van der Waals surface area contributed by atoms with Crippen LogP contribution in [-0.4, -0.2) is 70.3 Å². The number of aryl methyl sites for hydroxylation is 1. The molecule has 1 aromatic carbocycles. The second kappa shape index (κ2) is 11.3. The molecule has 3 amide bonds. The topological polar surface area (TPSA) is 115 Å². The van der Waals surface area contributed by atoms with Crippen LogP contribution in [0.15, 0.2) is 28.8 Å². The normalized spacial score (nSPS) is 23.0. The van der Waals surface area contributed by atoms with Gasteiger partial charge in [0.05, 0.1) is 19.2 Å². The van der Waals surface area contributed by atoms with Crippen molar-refractivity contribution < 1.29 is 40.7 Å². The molecule has 5 rings (SSSR count). The number of ether oxygens (including phenoxy) is 1. The quantitative estimate of drug-likeness (QED) is 0.381. The standard InChI is InChI=1S/C26H29F5N6O4/c1-36-18(7-8-32-36)23(38)35-21(13-3-5-15(27)6-4-13)24-33-17-10-14(9-16(28)22(17)41-24)19(12-40-2)37-11-20(26(29,30)31)34-25(37)39/h7-10,13,15,19-21H,3-6,11-12H2,1-2H3,(H,34,39)(H,35,38). The number of halogens is 5. The van der Waals surface area contributed by atoms with E-state index in [1.807, 2.05) is 5.32 Å². The van der Waals surface area contributed by atoms with Crippen molar-refractivity contribution in [1.29, 1.82) is 0 Å². The Labute approximate surface area is 231 Å². The average Bonchev–Trinajstić information content (AvgIpc) is 3.64. The maximum Gasteiger partial charge on any atom is 0.410 e. The van der Waals surface area contributed by atoms with Crippen LogP contribution >= 0.6 is 0 Å². The molecule has 1 saturated carbocycles. The Kier molecular flexibility index (Phi) is 7.90. The maximum absolute atomic E-state index is 15.4. The molecule has 2 aliphatic rings. The molecule has 10 nitrogen and oxygen atoms in total. The van der Waals surface area contributed by atoms with Gasteiger partial charge in [0.2, 0.25) is 5.89 Å². The van der Waals surface area contributed by atoms with Crippen molar-refractivity contribution in [2.75, 3.05) is 20.3 Å². The van der Waals surface area contributed by atoms with Crippen LogP contribution in [0, 0.1) is 11.7 Å². The molecule has 3 aromatic rings. The van der Waals surface area contributed by atoms with Crippen LogP contribution in [0.3, 0.4) is 0 Å². The van der Waals surface area contributed by atoms with Gasteiger partial charge >= 0.3 is 12.2 Å². The summed E-state index contributed by atoms with van der Waals surface area (Å²) in [4.78, 5) is 30.9. The van der Waals surface area contributed by atoms with E-state index in [1.165, 1.54) is 30.1 Å². The lowest BCUT2D eigenvalue weighted by Crippen LogP contribution is -2.40. The molecule has 3 heterocycles. The Balaban J connectivity index is 1.48. The molecule has 2 aromatic heterocycles. The van der Waals surface area contributed by atoms with E-state index in [2.05, 4.69) is 15.4 Å². The Morgan fingerprint density at radius 2 is 2.00 bits per heavy atom. The minimum atomic E-state index is -4.66. The number of amides is 3. The minimum Gasteiger partial charge on any atom is -0.435 e. The zero-order valence-electron chi connectivity index (χ0n) is 22.3. The van der Waals surface area contributed by atoms with Crippen LogP contribution < -0.4 is 10.6 Å². The number of hydrogen-bond donors (Lipinski definition) is 2. The highest BCUT2D eigenvalue weighted by Crippen LogP contribution is 2.38. The molecule has 222 valence electrons. The third kappa shape index (κ3) is 5.85. The number of aromatic nitrogens is 3. The molecule has 2 fully saturated rings. The Bertz CT molecular complexity index is 1420. The molecule has 3 atom stereocenters. The second-order valence-corrected chi connectivity index (χ2v) is 10.4. The molecule has 41 heavy (non-hydrogen) atoms. The fraction of sp³-hybridized carbons (Fsp3) is 0.538. The summed E-state index contributed by atoms with van der Waals surface area (Å²) in [7, 11) is 2.91. The van der Waals surface area contributed by atoms with E-state index in [0.717, 1.165) is 11.0 Å². The third-order valence-corrected chi connectivity index (χ3v) is 7.68. The van der Waals surface area contributed by atoms with Crippen molar-refractivity contribution in [1.82, 2.24) is 30.3 Å². The predicted octanol–water partition coefficient (Wildman–Crippen LogP) is 4.34. The molecule has 2 N–H and O–H groups in total. The van der Waals surface area contributed by atoms with E-state index < -0.39 is 54.8 Å². The van der Waals surface area contributed by atoms with Gasteiger partial charge in [0.25, 0.3) is 5.91 Å². The van der Waals surface area contributed by atoms with Crippen LogP contribution in [0.25, 0.3) is 11.1 Å². The van der Waals surface area contributed by atoms with Crippen molar-refractivity contribution in [3.8, 4) is 0 Å².